The molecule has 0 aliphatic carbocycles. The van der Waals surface area contributed by atoms with Crippen LogP contribution >= 0.6 is 0 Å². The van der Waals surface area contributed by atoms with Gasteiger partial charge in [0, 0.05) is 13.5 Å². The molecule has 0 saturated heterocycles. The van der Waals surface area contributed by atoms with E-state index in [1.165, 1.54) is 0 Å². The van der Waals surface area contributed by atoms with E-state index >= 15 is 0 Å². The van der Waals surface area contributed by atoms with Crippen LogP contribution in [0.25, 0.3) is 0 Å². The molecule has 0 aliphatic rings. The molecule has 1 rings (SSSR count). The highest BCUT2D eigenvalue weighted by Gasteiger charge is 2.81. The van der Waals surface area contributed by atoms with Crippen LogP contribution in [0.4, 0.5) is 39.5 Å². The van der Waals surface area contributed by atoms with Crippen LogP contribution in [0.1, 0.15) is 28.4 Å². The zero-order valence-electron chi connectivity index (χ0n) is 13.7. The van der Waals surface area contributed by atoms with Crippen molar-refractivity contribution >= 4 is 5.97 Å². The van der Waals surface area contributed by atoms with Crippen LogP contribution in [0.3, 0.4) is 0 Å². The first-order valence-electron chi connectivity index (χ1n) is 7.03. The van der Waals surface area contributed by atoms with E-state index in [0.29, 0.717) is 0 Å². The Kier molecular flexibility index (Phi) is 6.46. The summed E-state index contributed by atoms with van der Waals surface area (Å²) in [6, 6.07) is 4.06. The number of carbonyl (C=O) groups excluding carboxylic acids is 1. The zero-order valence-corrected chi connectivity index (χ0v) is 13.7. The third-order valence-corrected chi connectivity index (χ3v) is 3.64. The van der Waals surface area contributed by atoms with Gasteiger partial charge < -0.3 is 9.47 Å². The first-order valence-corrected chi connectivity index (χ1v) is 7.03. The Morgan fingerprint density at radius 3 is 1.74 bits per heavy atom. The van der Waals surface area contributed by atoms with Crippen molar-refractivity contribution in [3.05, 3.63) is 35.4 Å². The molecule has 27 heavy (non-hydrogen) atoms. The molecule has 0 radical (unpaired) electrons. The Morgan fingerprint density at radius 1 is 0.889 bits per heavy atom. The third-order valence-electron chi connectivity index (χ3n) is 3.64. The Labute approximate surface area is 147 Å². The maximum atomic E-state index is 13.7. The van der Waals surface area contributed by atoms with Gasteiger partial charge in [-0.1, -0.05) is 12.1 Å². The molecular formula is C15H13F9O3. The summed E-state index contributed by atoms with van der Waals surface area (Å²) in [5, 5.41) is 0. The standard InChI is InChI=1S/C15H13F9O3/c1-26-10(8-3-5-9(6-4-8)11(25)27-2)7-12(16,17)13(18,19)14(20,21)15(22,23)24/h3-6,10H,7H2,1-2H3. The second-order valence-corrected chi connectivity index (χ2v) is 5.39. The van der Waals surface area contributed by atoms with Gasteiger partial charge in [-0.2, -0.15) is 39.5 Å². The lowest BCUT2D eigenvalue weighted by Gasteiger charge is -2.35. The van der Waals surface area contributed by atoms with Gasteiger partial charge in [0.05, 0.1) is 18.8 Å². The number of hydrogen-bond donors (Lipinski definition) is 0. The Balaban J connectivity index is 3.15. The lowest BCUT2D eigenvalue weighted by molar-refractivity contribution is -0.398. The van der Waals surface area contributed by atoms with Gasteiger partial charge in [-0.05, 0) is 17.7 Å². The van der Waals surface area contributed by atoms with Crippen molar-refractivity contribution in [3.63, 3.8) is 0 Å². The van der Waals surface area contributed by atoms with Crippen molar-refractivity contribution in [3.8, 4) is 0 Å². The van der Waals surface area contributed by atoms with Gasteiger partial charge in [0.25, 0.3) is 0 Å². The quantitative estimate of drug-likeness (QED) is 0.466. The number of carbonyl (C=O) groups is 1. The summed E-state index contributed by atoms with van der Waals surface area (Å²) < 4.78 is 125. The van der Waals surface area contributed by atoms with Crippen molar-refractivity contribution in [2.24, 2.45) is 0 Å². The van der Waals surface area contributed by atoms with Crippen LogP contribution < -0.4 is 0 Å². The number of ether oxygens (including phenoxy) is 2. The number of benzene rings is 1. The first-order chi connectivity index (χ1) is 12.1. The molecule has 1 atom stereocenters. The van der Waals surface area contributed by atoms with Crippen LogP contribution in [-0.4, -0.2) is 44.1 Å². The molecule has 12 heteroatoms. The molecular weight excluding hydrogens is 399 g/mol. The second kappa shape index (κ2) is 7.56. The second-order valence-electron chi connectivity index (χ2n) is 5.39. The van der Waals surface area contributed by atoms with Crippen molar-refractivity contribution < 1.29 is 53.8 Å². The number of rotatable bonds is 7. The highest BCUT2D eigenvalue weighted by atomic mass is 19.4. The van der Waals surface area contributed by atoms with E-state index < -0.39 is 42.4 Å². The zero-order chi connectivity index (χ0) is 21.3. The van der Waals surface area contributed by atoms with Crippen LogP contribution in [0, 0.1) is 0 Å². The van der Waals surface area contributed by atoms with Gasteiger partial charge in [-0.25, -0.2) is 4.79 Å². The average Bonchev–Trinajstić information content (AvgIpc) is 2.57. The molecule has 0 aromatic heterocycles. The van der Waals surface area contributed by atoms with E-state index in [-0.39, 0.29) is 11.1 Å². The van der Waals surface area contributed by atoms with Gasteiger partial charge in [-0.15, -0.1) is 0 Å². The summed E-state index contributed by atoms with van der Waals surface area (Å²) in [6.07, 6.45) is -11.0. The highest BCUT2D eigenvalue weighted by molar-refractivity contribution is 5.89. The summed E-state index contributed by atoms with van der Waals surface area (Å²) in [5.74, 6) is -20.3. The molecule has 0 fully saturated rings. The summed E-state index contributed by atoms with van der Waals surface area (Å²) in [5.41, 5.74) is -0.298. The lowest BCUT2D eigenvalue weighted by Crippen LogP contribution is -2.61. The molecule has 1 aromatic rings. The topological polar surface area (TPSA) is 35.5 Å². The third kappa shape index (κ3) is 4.30. The molecule has 0 aliphatic heterocycles. The van der Waals surface area contributed by atoms with Gasteiger partial charge >= 0.3 is 29.9 Å². The summed E-state index contributed by atoms with van der Waals surface area (Å²) in [4.78, 5) is 11.3. The fourth-order valence-electron chi connectivity index (χ4n) is 2.06. The summed E-state index contributed by atoms with van der Waals surface area (Å²) in [6.45, 7) is 0. The maximum absolute atomic E-state index is 13.7. The predicted molar refractivity (Wildman–Crippen MR) is 73.0 cm³/mol. The molecule has 154 valence electrons. The molecule has 3 nitrogen and oxygen atoms in total. The van der Waals surface area contributed by atoms with Crippen molar-refractivity contribution in [2.75, 3.05) is 14.2 Å². The first kappa shape index (κ1) is 23.1. The Bertz CT molecular complexity index is 653. The normalized spacial score (nSPS) is 14.8. The molecule has 1 aromatic carbocycles. The molecule has 0 bridgehead atoms. The van der Waals surface area contributed by atoms with Gasteiger partial charge in [-0.3, -0.25) is 0 Å². The summed E-state index contributed by atoms with van der Waals surface area (Å²) >= 11 is 0. The van der Waals surface area contributed by atoms with E-state index in [1.54, 1.807) is 0 Å². The highest BCUT2D eigenvalue weighted by Crippen LogP contribution is 2.55. The molecule has 0 saturated carbocycles. The SMILES string of the molecule is COC(=O)c1ccc(C(CC(F)(F)C(F)(F)C(F)(F)C(F)(F)F)OC)cc1. The summed E-state index contributed by atoms with van der Waals surface area (Å²) in [7, 11) is 1.83. The molecule has 0 N–H and O–H groups in total. The van der Waals surface area contributed by atoms with Gasteiger partial charge in [0.15, 0.2) is 0 Å². The monoisotopic (exact) mass is 412 g/mol. The van der Waals surface area contributed by atoms with Crippen LogP contribution in [0.15, 0.2) is 24.3 Å². The maximum Gasteiger partial charge on any atom is 0.460 e. The van der Waals surface area contributed by atoms with E-state index in [4.69, 9.17) is 0 Å². The van der Waals surface area contributed by atoms with Crippen LogP contribution in [-0.2, 0) is 9.47 Å². The molecule has 0 amide bonds. The number of hydrogen-bond acceptors (Lipinski definition) is 3. The van der Waals surface area contributed by atoms with E-state index in [1.807, 2.05) is 0 Å². The van der Waals surface area contributed by atoms with E-state index in [9.17, 15) is 44.3 Å². The van der Waals surface area contributed by atoms with Crippen LogP contribution in [0.2, 0.25) is 0 Å². The minimum atomic E-state index is -6.96. The predicted octanol–water partition coefficient (Wildman–Crippen LogP) is 5.02. The molecule has 0 heterocycles. The van der Waals surface area contributed by atoms with E-state index in [2.05, 4.69) is 9.47 Å². The van der Waals surface area contributed by atoms with Crippen molar-refractivity contribution in [1.29, 1.82) is 0 Å². The Hall–Kier alpha value is -1.98. The van der Waals surface area contributed by atoms with Crippen molar-refractivity contribution in [1.82, 2.24) is 0 Å². The van der Waals surface area contributed by atoms with Crippen molar-refractivity contribution in [2.45, 2.75) is 36.5 Å². The smallest absolute Gasteiger partial charge is 0.460 e. The fraction of sp³-hybridized carbons (Fsp3) is 0.533. The lowest BCUT2D eigenvalue weighted by atomic mass is 9.94. The fourth-order valence-corrected chi connectivity index (χ4v) is 2.06. The average molecular weight is 412 g/mol. The number of esters is 1. The molecule has 0 spiro atoms. The molecule has 1 unspecified atom stereocenters. The Morgan fingerprint density at radius 2 is 1.37 bits per heavy atom. The largest absolute Gasteiger partial charge is 0.465 e. The number of alkyl halides is 9. The number of halogens is 9. The van der Waals surface area contributed by atoms with E-state index in [0.717, 1.165) is 38.5 Å². The minimum absolute atomic E-state index is 0.0446. The van der Waals surface area contributed by atoms with Gasteiger partial charge in [0.2, 0.25) is 0 Å². The minimum Gasteiger partial charge on any atom is -0.465 e. The van der Waals surface area contributed by atoms with Crippen LogP contribution in [0.5, 0.6) is 0 Å². The van der Waals surface area contributed by atoms with Gasteiger partial charge in [0.1, 0.15) is 0 Å². The number of methoxy groups -OCH3 is 2.